The summed E-state index contributed by atoms with van der Waals surface area (Å²) in [5, 5.41) is 13.2. The maximum Gasteiger partial charge on any atom is 0.259 e. The van der Waals surface area contributed by atoms with Crippen molar-refractivity contribution in [2.75, 3.05) is 5.32 Å². The Morgan fingerprint density at radius 1 is 0.964 bits per heavy atom. The number of hydrogen-bond acceptors (Lipinski definition) is 3. The van der Waals surface area contributed by atoms with Crippen molar-refractivity contribution in [2.45, 2.75) is 6.92 Å². The number of ketones is 1. The first-order valence-corrected chi connectivity index (χ1v) is 10.7. The highest BCUT2D eigenvalue weighted by molar-refractivity contribution is 14.1. The number of aryl methyl sites for hydroxylation is 1. The van der Waals surface area contributed by atoms with E-state index in [1.54, 1.807) is 42.5 Å². The molecular weight excluding hydrogens is 603 g/mol. The molecule has 1 amide bonds. The summed E-state index contributed by atoms with van der Waals surface area (Å²) in [6.45, 7) is 1.94. The molecule has 0 aliphatic carbocycles. The third-order valence-electron chi connectivity index (χ3n) is 4.06. The molecule has 0 unspecified atom stereocenters. The normalized spacial score (nSPS) is 10.6. The molecule has 28 heavy (non-hydrogen) atoms. The molecule has 3 aromatic carbocycles. The van der Waals surface area contributed by atoms with E-state index < -0.39 is 5.91 Å². The van der Waals surface area contributed by atoms with E-state index in [4.69, 9.17) is 11.6 Å². The highest BCUT2D eigenvalue weighted by Gasteiger charge is 2.18. The lowest BCUT2D eigenvalue weighted by molar-refractivity contribution is 0.101. The first kappa shape index (κ1) is 21.1. The van der Waals surface area contributed by atoms with Gasteiger partial charge in [0.15, 0.2) is 5.78 Å². The first-order valence-electron chi connectivity index (χ1n) is 8.16. The maximum absolute atomic E-state index is 12.8. The predicted octanol–water partition coefficient (Wildman–Crippen LogP) is 6.05. The molecule has 4 nitrogen and oxygen atoms in total. The lowest BCUT2D eigenvalue weighted by Gasteiger charge is -2.11. The number of amides is 1. The third-order valence-corrected chi connectivity index (χ3v) is 5.83. The van der Waals surface area contributed by atoms with E-state index in [-0.39, 0.29) is 17.1 Å². The third kappa shape index (κ3) is 4.66. The minimum Gasteiger partial charge on any atom is -0.506 e. The number of carbonyl (C=O) groups excluding carboxylic acids is 2. The van der Waals surface area contributed by atoms with Crippen molar-refractivity contribution >= 4 is 74.2 Å². The maximum atomic E-state index is 12.8. The fourth-order valence-electron chi connectivity index (χ4n) is 2.57. The Hall–Kier alpha value is -1.65. The van der Waals surface area contributed by atoms with Crippen molar-refractivity contribution in [1.82, 2.24) is 0 Å². The number of nitrogens with one attached hydrogen (secondary N) is 1. The monoisotopic (exact) mass is 617 g/mol. The number of halogens is 3. The molecule has 3 rings (SSSR count). The molecule has 7 heteroatoms. The van der Waals surface area contributed by atoms with Crippen LogP contribution in [0.1, 0.15) is 31.8 Å². The number of anilines is 1. The van der Waals surface area contributed by atoms with Crippen LogP contribution < -0.4 is 5.32 Å². The topological polar surface area (TPSA) is 66.4 Å². The van der Waals surface area contributed by atoms with E-state index in [1.807, 2.05) is 41.6 Å². The smallest absolute Gasteiger partial charge is 0.259 e. The summed E-state index contributed by atoms with van der Waals surface area (Å²) in [6, 6.07) is 15.3. The first-order chi connectivity index (χ1) is 13.3. The standard InChI is InChI=1S/C21H14ClI2NO3/c1-11-2-4-12(5-3-11)19(26)15-10-14(6-7-17(15)22)25-21(28)16-8-13(23)9-18(24)20(16)27/h2-10,27H,1H3,(H,25,28). The Morgan fingerprint density at radius 2 is 1.64 bits per heavy atom. The SMILES string of the molecule is Cc1ccc(C(=O)c2cc(NC(=O)c3cc(I)cc(I)c3O)ccc2Cl)cc1. The summed E-state index contributed by atoms with van der Waals surface area (Å²) >= 11 is 10.3. The van der Waals surface area contributed by atoms with E-state index in [0.717, 1.165) is 9.13 Å². The second-order valence-electron chi connectivity index (χ2n) is 6.13. The van der Waals surface area contributed by atoms with Crippen LogP contribution in [0.2, 0.25) is 5.02 Å². The van der Waals surface area contributed by atoms with E-state index in [9.17, 15) is 14.7 Å². The summed E-state index contributed by atoms with van der Waals surface area (Å²) in [5.41, 5.74) is 2.44. The average Bonchev–Trinajstić information content (AvgIpc) is 2.66. The van der Waals surface area contributed by atoms with E-state index in [0.29, 0.717) is 25.4 Å². The Bertz CT molecular complexity index is 1080. The van der Waals surface area contributed by atoms with Gasteiger partial charge in [0, 0.05) is 20.4 Å². The summed E-state index contributed by atoms with van der Waals surface area (Å²) < 4.78 is 1.41. The number of benzene rings is 3. The molecular formula is C21H14ClI2NO3. The lowest BCUT2D eigenvalue weighted by atomic mass is 10.0. The van der Waals surface area contributed by atoms with Gasteiger partial charge in [0.1, 0.15) is 5.75 Å². The molecule has 0 radical (unpaired) electrons. The summed E-state index contributed by atoms with van der Waals surface area (Å²) in [4.78, 5) is 25.4. The second kappa shape index (κ2) is 8.79. The molecule has 0 aliphatic rings. The van der Waals surface area contributed by atoms with Crippen LogP contribution in [0, 0.1) is 14.1 Å². The number of phenols is 1. The molecule has 0 aliphatic heterocycles. The summed E-state index contributed by atoms with van der Waals surface area (Å²) in [6.07, 6.45) is 0. The van der Waals surface area contributed by atoms with Crippen molar-refractivity contribution in [1.29, 1.82) is 0 Å². The van der Waals surface area contributed by atoms with Gasteiger partial charge < -0.3 is 10.4 Å². The minimum absolute atomic E-state index is 0.0802. The van der Waals surface area contributed by atoms with Crippen LogP contribution in [-0.4, -0.2) is 16.8 Å². The van der Waals surface area contributed by atoms with Gasteiger partial charge >= 0.3 is 0 Å². The quantitative estimate of drug-likeness (QED) is 0.277. The van der Waals surface area contributed by atoms with Crippen LogP contribution in [-0.2, 0) is 0 Å². The van der Waals surface area contributed by atoms with Crippen LogP contribution >= 0.6 is 56.8 Å². The minimum atomic E-state index is -0.468. The van der Waals surface area contributed by atoms with E-state index in [2.05, 4.69) is 27.9 Å². The van der Waals surface area contributed by atoms with Gasteiger partial charge in [0.2, 0.25) is 0 Å². The fourth-order valence-corrected chi connectivity index (χ4v) is 4.62. The summed E-state index contributed by atoms with van der Waals surface area (Å²) in [7, 11) is 0. The molecule has 0 heterocycles. The molecule has 142 valence electrons. The molecule has 0 aromatic heterocycles. The van der Waals surface area contributed by atoms with Gasteiger partial charge in [-0.05, 0) is 82.4 Å². The van der Waals surface area contributed by atoms with Gasteiger partial charge in [0.05, 0.1) is 14.2 Å². The van der Waals surface area contributed by atoms with E-state index >= 15 is 0 Å². The zero-order chi connectivity index (χ0) is 20.4. The molecule has 0 saturated heterocycles. The largest absolute Gasteiger partial charge is 0.506 e. The molecule has 0 fully saturated rings. The Morgan fingerprint density at radius 3 is 2.32 bits per heavy atom. The van der Waals surface area contributed by atoms with Gasteiger partial charge in [-0.2, -0.15) is 0 Å². The zero-order valence-corrected chi connectivity index (χ0v) is 19.7. The van der Waals surface area contributed by atoms with Gasteiger partial charge in [-0.3, -0.25) is 9.59 Å². The summed E-state index contributed by atoms with van der Waals surface area (Å²) in [5.74, 6) is -0.777. The van der Waals surface area contributed by atoms with Crippen LogP contribution in [0.5, 0.6) is 5.75 Å². The molecule has 2 N–H and O–H groups in total. The highest BCUT2D eigenvalue weighted by Crippen LogP contribution is 2.29. The lowest BCUT2D eigenvalue weighted by Crippen LogP contribution is -2.13. The van der Waals surface area contributed by atoms with Crippen molar-refractivity contribution in [3.05, 3.63) is 89.0 Å². The Balaban J connectivity index is 1.90. The second-order valence-corrected chi connectivity index (χ2v) is 8.94. The van der Waals surface area contributed by atoms with Crippen molar-refractivity contribution in [3.63, 3.8) is 0 Å². The Kier molecular flexibility index (Phi) is 6.61. The molecule has 0 bridgehead atoms. The highest BCUT2D eigenvalue weighted by atomic mass is 127. The van der Waals surface area contributed by atoms with Gasteiger partial charge in [0.25, 0.3) is 5.91 Å². The number of aromatic hydroxyl groups is 1. The molecule has 0 saturated carbocycles. The van der Waals surface area contributed by atoms with E-state index in [1.165, 1.54) is 0 Å². The van der Waals surface area contributed by atoms with Crippen LogP contribution in [0.3, 0.4) is 0 Å². The van der Waals surface area contributed by atoms with Gasteiger partial charge in [-0.15, -0.1) is 0 Å². The Labute approximate surface area is 194 Å². The fraction of sp³-hybridized carbons (Fsp3) is 0.0476. The van der Waals surface area contributed by atoms with Crippen LogP contribution in [0.15, 0.2) is 54.6 Å². The van der Waals surface area contributed by atoms with Crippen LogP contribution in [0.4, 0.5) is 5.69 Å². The number of carbonyl (C=O) groups is 2. The molecule has 3 aromatic rings. The van der Waals surface area contributed by atoms with Crippen molar-refractivity contribution in [3.8, 4) is 5.75 Å². The van der Waals surface area contributed by atoms with Crippen molar-refractivity contribution < 1.29 is 14.7 Å². The number of phenolic OH excluding ortho intramolecular Hbond substituents is 1. The predicted molar refractivity (Wildman–Crippen MR) is 128 cm³/mol. The molecule has 0 atom stereocenters. The zero-order valence-electron chi connectivity index (χ0n) is 14.6. The molecule has 0 spiro atoms. The van der Waals surface area contributed by atoms with Gasteiger partial charge in [-0.25, -0.2) is 0 Å². The average molecular weight is 618 g/mol. The number of hydrogen-bond donors (Lipinski definition) is 2. The number of rotatable bonds is 4. The van der Waals surface area contributed by atoms with Crippen LogP contribution in [0.25, 0.3) is 0 Å². The van der Waals surface area contributed by atoms with Crippen molar-refractivity contribution in [2.24, 2.45) is 0 Å². The van der Waals surface area contributed by atoms with Gasteiger partial charge in [-0.1, -0.05) is 41.4 Å².